The third-order valence-electron chi connectivity index (χ3n) is 3.75. The molecule has 1 fully saturated rings. The minimum atomic E-state index is -1.34. The zero-order chi connectivity index (χ0) is 18.1. The van der Waals surface area contributed by atoms with Crippen molar-refractivity contribution in [3.63, 3.8) is 0 Å². The van der Waals surface area contributed by atoms with Crippen molar-refractivity contribution in [2.75, 3.05) is 13.1 Å². The van der Waals surface area contributed by atoms with E-state index in [0.717, 1.165) is 4.90 Å². The van der Waals surface area contributed by atoms with E-state index in [2.05, 4.69) is 10.6 Å². The van der Waals surface area contributed by atoms with Gasteiger partial charge >= 0.3 is 6.03 Å². The van der Waals surface area contributed by atoms with Gasteiger partial charge in [-0.05, 0) is 25.0 Å². The average Bonchev–Trinajstić information content (AvgIpc) is 2.69. The van der Waals surface area contributed by atoms with E-state index in [4.69, 9.17) is 23.2 Å². The molecule has 0 spiro atoms. The monoisotopic (exact) mass is 371 g/mol. The summed E-state index contributed by atoms with van der Waals surface area (Å²) in [7, 11) is 0. The van der Waals surface area contributed by atoms with Crippen molar-refractivity contribution in [2.45, 2.75) is 26.3 Å². The van der Waals surface area contributed by atoms with Crippen LogP contribution in [0.5, 0.6) is 0 Å². The second-order valence-corrected chi connectivity index (χ2v) is 7.11. The van der Waals surface area contributed by atoms with E-state index < -0.39 is 23.4 Å². The molecule has 1 heterocycles. The van der Waals surface area contributed by atoms with E-state index in [0.29, 0.717) is 17.1 Å². The van der Waals surface area contributed by atoms with Gasteiger partial charge in [0.2, 0.25) is 5.91 Å². The number of urea groups is 1. The van der Waals surface area contributed by atoms with E-state index in [1.54, 1.807) is 19.1 Å². The number of hydrogen-bond donors (Lipinski definition) is 2. The maximum absolute atomic E-state index is 12.7. The molecule has 1 aromatic carbocycles. The van der Waals surface area contributed by atoms with E-state index in [9.17, 15) is 14.4 Å². The summed E-state index contributed by atoms with van der Waals surface area (Å²) >= 11 is 12.0. The second-order valence-electron chi connectivity index (χ2n) is 6.27. The third-order valence-corrected chi connectivity index (χ3v) is 4.30. The standard InChI is InChI=1S/C16H19Cl2N3O3/c1-9(2)7-19-13(22)8-21-14(23)16(3,20-15(21)24)11-5-4-10(17)6-12(11)18/h4-6,9H,7-8H2,1-3H3,(H,19,22)(H,20,24)/t16-/m0/s1. The number of nitrogens with one attached hydrogen (secondary N) is 2. The second kappa shape index (κ2) is 6.99. The number of nitrogens with zero attached hydrogens (tertiary/aromatic N) is 1. The van der Waals surface area contributed by atoms with Crippen molar-refractivity contribution in [2.24, 2.45) is 5.92 Å². The number of rotatable bonds is 5. The molecule has 6 nitrogen and oxygen atoms in total. The van der Waals surface area contributed by atoms with Crippen LogP contribution in [0, 0.1) is 5.92 Å². The molecule has 0 unspecified atom stereocenters. The van der Waals surface area contributed by atoms with Gasteiger partial charge in [-0.3, -0.25) is 14.5 Å². The van der Waals surface area contributed by atoms with Gasteiger partial charge in [0, 0.05) is 22.2 Å². The van der Waals surface area contributed by atoms with Crippen LogP contribution < -0.4 is 10.6 Å². The summed E-state index contributed by atoms with van der Waals surface area (Å²) in [5.41, 5.74) is -0.908. The quantitative estimate of drug-likeness (QED) is 0.780. The van der Waals surface area contributed by atoms with Gasteiger partial charge in [0.25, 0.3) is 5.91 Å². The first-order chi connectivity index (χ1) is 11.1. The summed E-state index contributed by atoms with van der Waals surface area (Å²) in [6.07, 6.45) is 0. The molecule has 130 valence electrons. The van der Waals surface area contributed by atoms with Crippen LogP contribution in [-0.2, 0) is 15.1 Å². The molecular formula is C16H19Cl2N3O3. The minimum absolute atomic E-state index is 0.268. The van der Waals surface area contributed by atoms with Crippen LogP contribution in [0.4, 0.5) is 4.79 Å². The van der Waals surface area contributed by atoms with Gasteiger partial charge in [0.1, 0.15) is 12.1 Å². The van der Waals surface area contributed by atoms with Crippen LogP contribution in [0.2, 0.25) is 10.0 Å². The van der Waals surface area contributed by atoms with Gasteiger partial charge in [-0.25, -0.2) is 4.79 Å². The lowest BCUT2D eigenvalue weighted by Gasteiger charge is -2.23. The Balaban J connectivity index is 2.20. The number of halogens is 2. The van der Waals surface area contributed by atoms with Crippen molar-refractivity contribution in [3.05, 3.63) is 33.8 Å². The van der Waals surface area contributed by atoms with Gasteiger partial charge < -0.3 is 10.6 Å². The van der Waals surface area contributed by atoms with Crippen molar-refractivity contribution >= 4 is 41.0 Å². The molecule has 1 saturated heterocycles. The van der Waals surface area contributed by atoms with E-state index in [-0.39, 0.29) is 17.5 Å². The van der Waals surface area contributed by atoms with Gasteiger partial charge in [0.05, 0.1) is 0 Å². The molecule has 2 rings (SSSR count). The lowest BCUT2D eigenvalue weighted by Crippen LogP contribution is -2.43. The highest BCUT2D eigenvalue weighted by Gasteiger charge is 2.50. The van der Waals surface area contributed by atoms with Crippen LogP contribution in [-0.4, -0.2) is 35.8 Å². The number of carbonyl (C=O) groups excluding carboxylic acids is 3. The zero-order valence-electron chi connectivity index (χ0n) is 13.7. The van der Waals surface area contributed by atoms with Crippen molar-refractivity contribution in [1.29, 1.82) is 0 Å². The van der Waals surface area contributed by atoms with Gasteiger partial charge in [0.15, 0.2) is 0 Å². The van der Waals surface area contributed by atoms with Crippen LogP contribution in [0.1, 0.15) is 26.3 Å². The lowest BCUT2D eigenvalue weighted by molar-refractivity contribution is -0.134. The summed E-state index contributed by atoms with van der Waals surface area (Å²) in [4.78, 5) is 37.7. The fourth-order valence-corrected chi connectivity index (χ4v) is 3.03. The molecule has 8 heteroatoms. The molecule has 2 N–H and O–H groups in total. The maximum atomic E-state index is 12.7. The Morgan fingerprint density at radius 1 is 1.33 bits per heavy atom. The van der Waals surface area contributed by atoms with Crippen LogP contribution in [0.15, 0.2) is 18.2 Å². The molecule has 1 aliphatic heterocycles. The number of benzene rings is 1. The smallest absolute Gasteiger partial charge is 0.325 e. The molecule has 4 amide bonds. The number of amides is 4. The topological polar surface area (TPSA) is 78.5 Å². The predicted octanol–water partition coefficient (Wildman–Crippen LogP) is 2.53. The fourth-order valence-electron chi connectivity index (χ4n) is 2.44. The number of hydrogen-bond acceptors (Lipinski definition) is 3. The van der Waals surface area contributed by atoms with E-state index in [1.165, 1.54) is 6.07 Å². The Hall–Kier alpha value is -1.79. The molecule has 1 aliphatic rings. The van der Waals surface area contributed by atoms with Crippen molar-refractivity contribution < 1.29 is 14.4 Å². The Labute approximate surface area is 150 Å². The third kappa shape index (κ3) is 3.65. The first-order valence-corrected chi connectivity index (χ1v) is 8.27. The molecule has 0 radical (unpaired) electrons. The van der Waals surface area contributed by atoms with Crippen LogP contribution in [0.25, 0.3) is 0 Å². The van der Waals surface area contributed by atoms with Gasteiger partial charge in [-0.2, -0.15) is 0 Å². The molecule has 0 saturated carbocycles. The Morgan fingerprint density at radius 2 is 2.00 bits per heavy atom. The van der Waals surface area contributed by atoms with Crippen LogP contribution in [0.3, 0.4) is 0 Å². The Kier molecular flexibility index (Phi) is 5.40. The average molecular weight is 372 g/mol. The first-order valence-electron chi connectivity index (χ1n) is 7.51. The van der Waals surface area contributed by atoms with Gasteiger partial charge in [-0.1, -0.05) is 43.1 Å². The summed E-state index contributed by atoms with van der Waals surface area (Å²) in [6, 6.07) is 4.05. The molecule has 24 heavy (non-hydrogen) atoms. The van der Waals surface area contributed by atoms with Crippen LogP contribution >= 0.6 is 23.2 Å². The first kappa shape index (κ1) is 18.5. The predicted molar refractivity (Wildman–Crippen MR) is 91.9 cm³/mol. The molecule has 1 aromatic rings. The zero-order valence-corrected chi connectivity index (χ0v) is 15.2. The molecule has 0 aliphatic carbocycles. The number of imide groups is 1. The van der Waals surface area contributed by atoms with Crippen molar-refractivity contribution in [3.8, 4) is 0 Å². The number of carbonyl (C=O) groups is 3. The van der Waals surface area contributed by atoms with Crippen molar-refractivity contribution in [1.82, 2.24) is 15.5 Å². The SMILES string of the molecule is CC(C)CNC(=O)CN1C(=O)N[C@@](C)(c2ccc(Cl)cc2Cl)C1=O. The fraction of sp³-hybridized carbons (Fsp3) is 0.438. The maximum Gasteiger partial charge on any atom is 0.325 e. The molecular weight excluding hydrogens is 353 g/mol. The molecule has 0 bridgehead atoms. The Bertz CT molecular complexity index is 693. The summed E-state index contributed by atoms with van der Waals surface area (Å²) in [6.45, 7) is 5.59. The molecule has 1 atom stereocenters. The highest BCUT2D eigenvalue weighted by atomic mass is 35.5. The largest absolute Gasteiger partial charge is 0.354 e. The Morgan fingerprint density at radius 3 is 2.58 bits per heavy atom. The normalized spacial score (nSPS) is 20.5. The summed E-state index contributed by atoms with van der Waals surface area (Å²) < 4.78 is 0. The summed E-state index contributed by atoms with van der Waals surface area (Å²) in [5, 5.41) is 5.98. The van der Waals surface area contributed by atoms with Gasteiger partial charge in [-0.15, -0.1) is 0 Å². The summed E-state index contributed by atoms with van der Waals surface area (Å²) in [5.74, 6) is -0.648. The highest BCUT2D eigenvalue weighted by molar-refractivity contribution is 6.35. The molecule has 0 aromatic heterocycles. The van der Waals surface area contributed by atoms with E-state index >= 15 is 0 Å². The highest BCUT2D eigenvalue weighted by Crippen LogP contribution is 2.34. The lowest BCUT2D eigenvalue weighted by atomic mass is 9.92. The van der Waals surface area contributed by atoms with E-state index in [1.807, 2.05) is 13.8 Å². The minimum Gasteiger partial charge on any atom is -0.354 e.